The molecule has 1 aromatic carbocycles. The number of alkyl halides is 1. The minimum atomic E-state index is -3.25. The number of rotatable bonds is 8. The second-order valence-electron chi connectivity index (χ2n) is 15.9. The predicted octanol–water partition coefficient (Wildman–Crippen LogP) is 4.44. The van der Waals surface area contributed by atoms with Crippen molar-refractivity contribution in [2.45, 2.75) is 134 Å². The van der Waals surface area contributed by atoms with Crippen molar-refractivity contribution < 1.29 is 56.8 Å². The first kappa shape index (κ1) is 44.4. The monoisotopic (exact) mass is 782 g/mol. The number of ketones is 2. The molecule has 3 aliphatic heterocycles. The molecule has 3 aliphatic rings. The fourth-order valence-electron chi connectivity index (χ4n) is 8.30. The number of terminal acetylenes is 1. The summed E-state index contributed by atoms with van der Waals surface area (Å²) < 4.78 is 53.8. The van der Waals surface area contributed by atoms with E-state index in [9.17, 15) is 24.0 Å². The van der Waals surface area contributed by atoms with Crippen LogP contribution >= 0.6 is 0 Å². The van der Waals surface area contributed by atoms with Crippen LogP contribution in [0.2, 0.25) is 0 Å². The summed E-state index contributed by atoms with van der Waals surface area (Å²) in [7, 11) is 3.63. The molecule has 3 fully saturated rings. The average molecular weight is 783 g/mol. The lowest BCUT2D eigenvalue weighted by molar-refractivity contribution is -0.296. The third kappa shape index (κ3) is 9.26. The second-order valence-corrected chi connectivity index (χ2v) is 15.9. The van der Waals surface area contributed by atoms with E-state index in [0.29, 0.717) is 6.42 Å². The highest BCUT2D eigenvalue weighted by Crippen LogP contribution is 2.41. The Bertz CT molecular complexity index is 1730. The van der Waals surface area contributed by atoms with Crippen LogP contribution in [0.5, 0.6) is 0 Å². The molecule has 13 nitrogen and oxygen atoms in total. The van der Waals surface area contributed by atoms with E-state index in [-0.39, 0.29) is 30.8 Å². The predicted molar refractivity (Wildman–Crippen MR) is 202 cm³/mol. The van der Waals surface area contributed by atoms with Gasteiger partial charge in [0.15, 0.2) is 23.8 Å². The number of nitrogens with zero attached hydrogens (tertiary/aromatic N) is 1. The van der Waals surface area contributed by atoms with Gasteiger partial charge >= 0.3 is 18.0 Å². The summed E-state index contributed by atoms with van der Waals surface area (Å²) in [5, 5.41) is 2.69. The number of halogens is 1. The fraction of sp³-hybridized carbons (Fsp3) is 0.643. The highest BCUT2D eigenvalue weighted by atomic mass is 19.1. The van der Waals surface area contributed by atoms with E-state index in [0.717, 1.165) is 6.92 Å². The number of nitrogens with one attached hydrogen (secondary N) is 1. The first-order valence-corrected chi connectivity index (χ1v) is 19.0. The molecule has 3 heterocycles. The lowest BCUT2D eigenvalue weighted by Gasteiger charge is -2.48. The van der Waals surface area contributed by atoms with Crippen LogP contribution in [0.3, 0.4) is 0 Å². The first-order chi connectivity index (χ1) is 26.2. The van der Waals surface area contributed by atoms with Gasteiger partial charge in [0.05, 0.1) is 35.5 Å². The molecule has 4 rings (SSSR count). The zero-order valence-electron chi connectivity index (χ0n) is 33.9. The SMILES string of the molecule is C#CC#CCO[C@]1(C)C[C@@H](C)C(=O)[C@@H](C)[C@H]2NC(=O)O[C@]2(C)[C@H](CC)OC(=O)[C@@](C)(F)C(=O)[C@H](C)[C@H]1O[C@@H]1O[C@H](C)C[C@H](N(C)C)[C@H]1OC(=O)c1ccccc1. The smallest absolute Gasteiger partial charge is 0.408 e. The van der Waals surface area contributed by atoms with Crippen molar-refractivity contribution in [2.24, 2.45) is 17.8 Å². The number of hydrogen-bond donors (Lipinski definition) is 1. The average Bonchev–Trinajstić information content (AvgIpc) is 3.47. The molecule has 0 aliphatic carbocycles. The van der Waals surface area contributed by atoms with Gasteiger partial charge < -0.3 is 38.6 Å². The molecule has 0 saturated carbocycles. The lowest BCUT2D eigenvalue weighted by atomic mass is 9.73. The van der Waals surface area contributed by atoms with E-state index in [1.165, 1.54) is 13.8 Å². The molecule has 0 bridgehead atoms. The molecule has 1 aromatic rings. The molecule has 14 heteroatoms. The molecule has 0 unspecified atom stereocenters. The Morgan fingerprint density at radius 2 is 1.71 bits per heavy atom. The van der Waals surface area contributed by atoms with E-state index < -0.39 is 101 Å². The van der Waals surface area contributed by atoms with Crippen LogP contribution in [0.1, 0.15) is 85.0 Å². The van der Waals surface area contributed by atoms with Crippen LogP contribution in [0.4, 0.5) is 9.18 Å². The second kappa shape index (κ2) is 17.9. The topological polar surface area (TPSA) is 156 Å². The van der Waals surface area contributed by atoms with Crippen molar-refractivity contribution in [3.63, 3.8) is 0 Å². The lowest BCUT2D eigenvalue weighted by Crippen LogP contribution is -2.62. The van der Waals surface area contributed by atoms with E-state index in [1.54, 1.807) is 58.0 Å². The quantitative estimate of drug-likeness (QED) is 0.172. The number of benzene rings is 1. The first-order valence-electron chi connectivity index (χ1n) is 19.0. The summed E-state index contributed by atoms with van der Waals surface area (Å²) in [5.74, 6) is 0.478. The maximum atomic E-state index is 16.9. The van der Waals surface area contributed by atoms with Crippen LogP contribution in [0, 0.1) is 41.9 Å². The number of fused-ring (bicyclic) bond motifs is 1. The Hall–Kier alpha value is -4.34. The van der Waals surface area contributed by atoms with Gasteiger partial charge in [0.2, 0.25) is 0 Å². The third-order valence-corrected chi connectivity index (χ3v) is 11.3. The molecular formula is C42H55FN2O11. The molecule has 3 saturated heterocycles. The summed E-state index contributed by atoms with van der Waals surface area (Å²) in [5.41, 5.74) is -6.20. The molecule has 0 radical (unpaired) electrons. The third-order valence-electron chi connectivity index (χ3n) is 11.3. The van der Waals surface area contributed by atoms with Crippen LogP contribution in [-0.2, 0) is 42.8 Å². The number of Topliss-reactive ketones (excluding diaryl/α,β-unsaturated/α-hetero) is 2. The van der Waals surface area contributed by atoms with E-state index in [1.807, 2.05) is 25.9 Å². The summed E-state index contributed by atoms with van der Waals surface area (Å²) in [6.45, 7) is 11.7. The highest BCUT2D eigenvalue weighted by molar-refractivity contribution is 6.08. The number of amides is 1. The standard InChI is InChI=1S/C42H55FN2O11/c1-12-14-18-21-51-40(7)23-24(3)31(46)26(5)33-42(9,56-39(50)44-33)30(13-2)53-38(49)41(8,43)34(47)27(6)35(40)55-37-32(29(45(10)11)22-25(4)52-37)54-36(48)28-19-16-15-17-20-28/h1,15-17,19-20,24-27,29-30,32-33,35,37H,13,21-23H2,2-11H3,(H,44,50)/t24-,25-,26-,27+,29+,30+,32-,33-,35-,37+,40-,41+,42-/m1/s1. The molecule has 0 spiro atoms. The van der Waals surface area contributed by atoms with Crippen molar-refractivity contribution in [3.8, 4) is 24.2 Å². The van der Waals surface area contributed by atoms with E-state index in [4.69, 9.17) is 34.8 Å². The number of esters is 2. The van der Waals surface area contributed by atoms with Crippen LogP contribution in [0.25, 0.3) is 0 Å². The van der Waals surface area contributed by atoms with Gasteiger partial charge in [-0.25, -0.2) is 18.8 Å². The van der Waals surface area contributed by atoms with E-state index in [2.05, 4.69) is 23.1 Å². The van der Waals surface area contributed by atoms with Crippen LogP contribution < -0.4 is 5.32 Å². The zero-order valence-corrected chi connectivity index (χ0v) is 33.9. The van der Waals surface area contributed by atoms with Gasteiger partial charge in [-0.3, -0.25) is 9.59 Å². The largest absolute Gasteiger partial charge is 0.455 e. The summed E-state index contributed by atoms with van der Waals surface area (Å²) in [6, 6.07) is 6.92. The van der Waals surface area contributed by atoms with Gasteiger partial charge in [-0.15, -0.1) is 6.42 Å². The molecule has 13 atom stereocenters. The molecule has 1 amide bonds. The Balaban J connectivity index is 1.88. The Morgan fingerprint density at radius 3 is 2.32 bits per heavy atom. The number of likely N-dealkylation sites (N-methyl/N-ethyl adjacent to an activating group) is 1. The summed E-state index contributed by atoms with van der Waals surface area (Å²) in [6.07, 6.45) is -0.665. The number of carbonyl (C=O) groups excluding carboxylic acids is 5. The van der Waals surface area contributed by atoms with Crippen molar-refractivity contribution in [3.05, 3.63) is 35.9 Å². The van der Waals surface area contributed by atoms with Crippen molar-refractivity contribution in [1.29, 1.82) is 0 Å². The number of hydrogen-bond acceptors (Lipinski definition) is 12. The van der Waals surface area contributed by atoms with Crippen LogP contribution in [-0.4, -0.2) is 115 Å². The Labute approximate surface area is 329 Å². The Morgan fingerprint density at radius 1 is 1.05 bits per heavy atom. The van der Waals surface area contributed by atoms with Crippen molar-refractivity contribution in [2.75, 3.05) is 20.7 Å². The van der Waals surface area contributed by atoms with Gasteiger partial charge in [-0.2, -0.15) is 0 Å². The zero-order chi connectivity index (χ0) is 41.7. The minimum absolute atomic E-state index is 0.0632. The van der Waals surface area contributed by atoms with E-state index >= 15 is 4.39 Å². The van der Waals surface area contributed by atoms with Gasteiger partial charge in [-0.1, -0.05) is 51.8 Å². The number of ether oxygens (including phenoxy) is 6. The maximum Gasteiger partial charge on any atom is 0.408 e. The molecule has 1 N–H and O–H groups in total. The van der Waals surface area contributed by atoms with Gasteiger partial charge in [0, 0.05) is 17.8 Å². The number of carbonyl (C=O) groups is 5. The molecule has 0 aromatic heterocycles. The highest BCUT2D eigenvalue weighted by Gasteiger charge is 2.59. The molecule has 306 valence electrons. The van der Waals surface area contributed by atoms with Gasteiger partial charge in [-0.05, 0) is 85.0 Å². The number of cyclic esters (lactones) is 1. The maximum absolute atomic E-state index is 16.9. The van der Waals surface area contributed by atoms with Gasteiger partial charge in [0.1, 0.15) is 18.5 Å². The Kier molecular flexibility index (Phi) is 14.1. The fourth-order valence-corrected chi connectivity index (χ4v) is 8.30. The van der Waals surface area contributed by atoms with Crippen molar-refractivity contribution in [1.82, 2.24) is 10.2 Å². The van der Waals surface area contributed by atoms with Gasteiger partial charge in [0.25, 0.3) is 5.67 Å². The summed E-state index contributed by atoms with van der Waals surface area (Å²) >= 11 is 0. The normalized spacial score (nSPS) is 38.1. The van der Waals surface area contributed by atoms with Crippen molar-refractivity contribution >= 4 is 29.6 Å². The molecular weight excluding hydrogens is 727 g/mol. The number of alkyl carbamates (subject to hydrolysis) is 1. The van der Waals surface area contributed by atoms with Crippen LogP contribution in [0.15, 0.2) is 30.3 Å². The summed E-state index contributed by atoms with van der Waals surface area (Å²) in [4.78, 5) is 70.7. The molecule has 56 heavy (non-hydrogen) atoms. The minimum Gasteiger partial charge on any atom is -0.455 e.